The van der Waals surface area contributed by atoms with Gasteiger partial charge in [0.25, 0.3) is 0 Å². The molecule has 6 aromatic heterocycles. The van der Waals surface area contributed by atoms with Crippen LogP contribution in [0.15, 0.2) is 194 Å². The van der Waals surface area contributed by atoms with Gasteiger partial charge in [-0.2, -0.15) is 0 Å². The lowest BCUT2D eigenvalue weighted by Crippen LogP contribution is -2.04. The van der Waals surface area contributed by atoms with Gasteiger partial charge in [-0.25, -0.2) is 9.97 Å². The third kappa shape index (κ3) is 4.26. The Hall–Kier alpha value is -7.96. The van der Waals surface area contributed by atoms with E-state index in [-0.39, 0.29) is 0 Å². The van der Waals surface area contributed by atoms with Crippen molar-refractivity contribution < 1.29 is 0 Å². The van der Waals surface area contributed by atoms with Gasteiger partial charge in [-0.15, -0.1) is 0 Å². The molecule has 0 atom stereocenters. The van der Waals surface area contributed by atoms with Gasteiger partial charge in [0.2, 0.25) is 0 Å². The van der Waals surface area contributed by atoms with Gasteiger partial charge in [-0.1, -0.05) is 121 Å². The molecule has 0 radical (unpaired) electrons. The van der Waals surface area contributed by atoms with E-state index in [1.165, 1.54) is 43.1 Å². The Morgan fingerprint density at radius 2 is 0.448 bits per heavy atom. The molecule has 6 heterocycles. The zero-order chi connectivity index (χ0) is 37.9. The highest BCUT2D eigenvalue weighted by Gasteiger charge is 2.21. The molecular formula is C52H32N6. The van der Waals surface area contributed by atoms with Crippen molar-refractivity contribution in [2.24, 2.45) is 0 Å². The molecular weight excluding hydrogens is 709 g/mol. The summed E-state index contributed by atoms with van der Waals surface area (Å²) >= 11 is 0. The second kappa shape index (κ2) is 11.8. The van der Waals surface area contributed by atoms with E-state index in [0.717, 1.165) is 67.4 Å². The predicted molar refractivity (Wildman–Crippen MR) is 239 cm³/mol. The lowest BCUT2D eigenvalue weighted by Gasteiger charge is -2.13. The largest absolute Gasteiger partial charge is 0.294 e. The van der Waals surface area contributed by atoms with Crippen LogP contribution in [-0.2, 0) is 0 Å². The average Bonchev–Trinajstić information content (AvgIpc) is 4.00. The highest BCUT2D eigenvalue weighted by molar-refractivity contribution is 6.19. The number of rotatable bonds is 4. The van der Waals surface area contributed by atoms with Gasteiger partial charge in [0.1, 0.15) is 23.3 Å². The van der Waals surface area contributed by atoms with Crippen molar-refractivity contribution in [2.45, 2.75) is 0 Å². The predicted octanol–water partition coefficient (Wildman–Crippen LogP) is 12.9. The number of nitrogens with zero attached hydrogens (tertiary/aromatic N) is 6. The molecule has 0 bridgehead atoms. The summed E-state index contributed by atoms with van der Waals surface area (Å²) in [5.41, 5.74) is 8.94. The molecule has 0 aliphatic rings. The number of aromatic nitrogens is 6. The molecule has 58 heavy (non-hydrogen) atoms. The van der Waals surface area contributed by atoms with Crippen LogP contribution in [0.3, 0.4) is 0 Å². The number of pyridine rings is 2. The molecule has 0 saturated heterocycles. The van der Waals surface area contributed by atoms with Crippen molar-refractivity contribution in [3.63, 3.8) is 0 Å². The smallest absolute Gasteiger partial charge is 0.140 e. The maximum Gasteiger partial charge on any atom is 0.140 e. The minimum Gasteiger partial charge on any atom is -0.294 e. The molecule has 0 spiro atoms. The molecule has 0 aliphatic heterocycles. The van der Waals surface area contributed by atoms with Gasteiger partial charge in [-0.05, 0) is 72.8 Å². The topological polar surface area (TPSA) is 45.5 Å². The fourth-order valence-electron chi connectivity index (χ4n) is 9.59. The zero-order valence-corrected chi connectivity index (χ0v) is 31.2. The van der Waals surface area contributed by atoms with E-state index in [1.807, 2.05) is 0 Å². The number of benzene rings is 7. The molecule has 0 amide bonds. The molecule has 6 heteroatoms. The highest BCUT2D eigenvalue weighted by Crippen LogP contribution is 2.40. The first kappa shape index (κ1) is 31.3. The summed E-state index contributed by atoms with van der Waals surface area (Å²) < 4.78 is 9.22. The maximum atomic E-state index is 5.46. The van der Waals surface area contributed by atoms with Crippen molar-refractivity contribution in [3.05, 3.63) is 194 Å². The summed E-state index contributed by atoms with van der Waals surface area (Å²) in [7, 11) is 0. The summed E-state index contributed by atoms with van der Waals surface area (Å²) in [5.74, 6) is 3.47. The number of hydrogen-bond acceptors (Lipinski definition) is 2. The molecule has 0 N–H and O–H groups in total. The van der Waals surface area contributed by atoms with Gasteiger partial charge in [0.05, 0.1) is 44.1 Å². The van der Waals surface area contributed by atoms with E-state index in [0.29, 0.717) is 0 Å². The Morgan fingerprint density at radius 3 is 0.741 bits per heavy atom. The quantitative estimate of drug-likeness (QED) is 0.180. The molecule has 0 aliphatic carbocycles. The Bertz CT molecular complexity index is 3470. The fourth-order valence-corrected chi connectivity index (χ4v) is 9.59. The molecule has 0 unspecified atom stereocenters. The lowest BCUT2D eigenvalue weighted by molar-refractivity contribution is 1.01. The standard InChI is InChI=1S/C52H32N6/c1-7-21-41-33(15-1)34-16-2-8-22-42(34)55(41)49-27-13-29-51(53-49)57-45-25-11-5-19-37(45)39-31-40-38-20-6-12-26-46(38)58(48(40)32-47(39)57)52-30-14-28-50(54-52)56-43-23-9-3-17-35(43)36-18-4-10-24-44(36)56/h1-32H. The zero-order valence-electron chi connectivity index (χ0n) is 31.2. The third-order valence-electron chi connectivity index (χ3n) is 12.0. The summed E-state index contributed by atoms with van der Waals surface area (Å²) in [5, 5.41) is 9.60. The first-order valence-electron chi connectivity index (χ1n) is 19.7. The highest BCUT2D eigenvalue weighted by atomic mass is 15.2. The van der Waals surface area contributed by atoms with Crippen molar-refractivity contribution in [2.75, 3.05) is 0 Å². The van der Waals surface area contributed by atoms with Crippen molar-refractivity contribution in [1.29, 1.82) is 0 Å². The van der Waals surface area contributed by atoms with Crippen molar-refractivity contribution in [3.8, 4) is 23.3 Å². The molecule has 0 fully saturated rings. The second-order valence-corrected chi connectivity index (χ2v) is 15.0. The van der Waals surface area contributed by atoms with E-state index >= 15 is 0 Å². The van der Waals surface area contributed by atoms with Crippen LogP contribution < -0.4 is 0 Å². The van der Waals surface area contributed by atoms with Crippen molar-refractivity contribution >= 4 is 87.2 Å². The van der Waals surface area contributed by atoms with E-state index < -0.39 is 0 Å². The molecule has 6 nitrogen and oxygen atoms in total. The number of para-hydroxylation sites is 6. The van der Waals surface area contributed by atoms with E-state index in [2.05, 4.69) is 212 Å². The van der Waals surface area contributed by atoms with Crippen molar-refractivity contribution in [1.82, 2.24) is 28.2 Å². The third-order valence-corrected chi connectivity index (χ3v) is 12.0. The Morgan fingerprint density at radius 1 is 0.207 bits per heavy atom. The van der Waals surface area contributed by atoms with Crippen LogP contribution >= 0.6 is 0 Å². The average molecular weight is 741 g/mol. The van der Waals surface area contributed by atoms with E-state index in [9.17, 15) is 0 Å². The Balaban J connectivity index is 1.07. The molecule has 270 valence electrons. The van der Waals surface area contributed by atoms with Crippen LogP contribution in [0.1, 0.15) is 0 Å². The summed E-state index contributed by atoms with van der Waals surface area (Å²) in [6, 6.07) is 69.2. The SMILES string of the molecule is c1cc(-n2c3ccccc3c3ccccc32)nc(-n2c3ccccc3c3cc4c5ccccc5n(-c5cccc(-n6c7ccccc7c7ccccc76)n5)c4cc32)c1. The summed E-state index contributed by atoms with van der Waals surface area (Å²) in [6.45, 7) is 0. The van der Waals surface area contributed by atoms with Crippen LogP contribution in [0.5, 0.6) is 0 Å². The molecule has 7 aromatic carbocycles. The first-order chi connectivity index (χ1) is 28.8. The fraction of sp³-hybridized carbons (Fsp3) is 0. The summed E-state index contributed by atoms with van der Waals surface area (Å²) in [6.07, 6.45) is 0. The van der Waals surface area contributed by atoms with Crippen LogP contribution in [-0.4, -0.2) is 28.2 Å². The first-order valence-corrected chi connectivity index (χ1v) is 19.7. The van der Waals surface area contributed by atoms with Crippen LogP contribution in [0.2, 0.25) is 0 Å². The lowest BCUT2D eigenvalue weighted by atomic mass is 10.1. The van der Waals surface area contributed by atoms with Gasteiger partial charge >= 0.3 is 0 Å². The number of hydrogen-bond donors (Lipinski definition) is 0. The van der Waals surface area contributed by atoms with Gasteiger partial charge in [0, 0.05) is 43.1 Å². The minimum absolute atomic E-state index is 0.860. The van der Waals surface area contributed by atoms with Crippen LogP contribution in [0.25, 0.3) is 110 Å². The van der Waals surface area contributed by atoms with Crippen LogP contribution in [0.4, 0.5) is 0 Å². The van der Waals surface area contributed by atoms with Crippen LogP contribution in [0, 0.1) is 0 Å². The van der Waals surface area contributed by atoms with Gasteiger partial charge in [0.15, 0.2) is 0 Å². The normalized spacial score (nSPS) is 12.1. The number of fused-ring (bicyclic) bond motifs is 12. The Kier molecular flexibility index (Phi) is 6.35. The minimum atomic E-state index is 0.860. The van der Waals surface area contributed by atoms with E-state index in [4.69, 9.17) is 9.97 Å². The maximum absolute atomic E-state index is 5.46. The summed E-state index contributed by atoms with van der Waals surface area (Å²) in [4.78, 5) is 10.9. The van der Waals surface area contributed by atoms with E-state index in [1.54, 1.807) is 0 Å². The Labute approximate surface area is 331 Å². The monoisotopic (exact) mass is 740 g/mol. The molecule has 13 aromatic rings. The van der Waals surface area contributed by atoms with Gasteiger partial charge in [-0.3, -0.25) is 18.3 Å². The molecule has 13 rings (SSSR count). The molecule has 0 saturated carbocycles. The van der Waals surface area contributed by atoms with Gasteiger partial charge < -0.3 is 0 Å². The second-order valence-electron chi connectivity index (χ2n) is 15.0.